The molecule has 0 spiro atoms. The zero-order chi connectivity index (χ0) is 13.4. The SMILES string of the molecule is O=[N+]([O-])c1cccc(S(=O)(=O)C(F)(F)F)c1O. The van der Waals surface area contributed by atoms with E-state index in [9.17, 15) is 31.7 Å². The average molecular weight is 271 g/mol. The van der Waals surface area contributed by atoms with Crippen LogP contribution < -0.4 is 0 Å². The molecule has 0 aliphatic heterocycles. The van der Waals surface area contributed by atoms with Crippen molar-refractivity contribution in [3.63, 3.8) is 0 Å². The number of sulfone groups is 1. The smallest absolute Gasteiger partial charge is 0.501 e. The first-order valence-corrected chi connectivity index (χ1v) is 5.35. The molecule has 0 bridgehead atoms. The van der Waals surface area contributed by atoms with Crippen LogP contribution in [0.1, 0.15) is 0 Å². The van der Waals surface area contributed by atoms with Gasteiger partial charge in [0, 0.05) is 6.07 Å². The molecule has 1 N–H and O–H groups in total. The number of para-hydroxylation sites is 1. The molecular formula is C7H4F3NO5S. The number of alkyl halides is 3. The van der Waals surface area contributed by atoms with Crippen LogP contribution >= 0.6 is 0 Å². The van der Waals surface area contributed by atoms with E-state index in [1.165, 1.54) is 0 Å². The quantitative estimate of drug-likeness (QED) is 0.650. The van der Waals surface area contributed by atoms with Crippen molar-refractivity contribution < 1.29 is 31.6 Å². The monoisotopic (exact) mass is 271 g/mol. The van der Waals surface area contributed by atoms with Crippen LogP contribution in [-0.2, 0) is 9.84 Å². The molecule has 0 atom stereocenters. The second-order valence-corrected chi connectivity index (χ2v) is 4.74. The van der Waals surface area contributed by atoms with E-state index in [1.54, 1.807) is 0 Å². The van der Waals surface area contributed by atoms with Crippen LogP contribution in [0.2, 0.25) is 0 Å². The molecule has 0 aromatic heterocycles. The van der Waals surface area contributed by atoms with Crippen LogP contribution in [0, 0.1) is 10.1 Å². The third kappa shape index (κ3) is 2.16. The summed E-state index contributed by atoms with van der Waals surface area (Å²) in [4.78, 5) is 7.59. The van der Waals surface area contributed by atoms with E-state index in [0.29, 0.717) is 12.1 Å². The van der Waals surface area contributed by atoms with E-state index in [-0.39, 0.29) is 0 Å². The predicted octanol–water partition coefficient (Wildman–Crippen LogP) is 1.59. The van der Waals surface area contributed by atoms with Crippen molar-refractivity contribution in [2.24, 2.45) is 0 Å². The molecule has 0 saturated heterocycles. The van der Waals surface area contributed by atoms with Gasteiger partial charge in [-0.1, -0.05) is 6.07 Å². The molecule has 0 aliphatic rings. The molecule has 17 heavy (non-hydrogen) atoms. The molecule has 0 saturated carbocycles. The number of hydrogen-bond acceptors (Lipinski definition) is 5. The summed E-state index contributed by atoms with van der Waals surface area (Å²) in [5.41, 5.74) is -6.75. The lowest BCUT2D eigenvalue weighted by atomic mass is 10.3. The van der Waals surface area contributed by atoms with Gasteiger partial charge in [-0.05, 0) is 6.07 Å². The molecule has 6 nitrogen and oxygen atoms in total. The summed E-state index contributed by atoms with van der Waals surface area (Å²) < 4.78 is 58.4. The van der Waals surface area contributed by atoms with Crippen LogP contribution in [-0.4, -0.2) is 24.0 Å². The van der Waals surface area contributed by atoms with Crippen molar-refractivity contribution in [1.82, 2.24) is 0 Å². The fourth-order valence-corrected chi connectivity index (χ4v) is 1.87. The lowest BCUT2D eigenvalue weighted by molar-refractivity contribution is -0.386. The number of nitrogens with zero attached hydrogens (tertiary/aromatic N) is 1. The number of phenols is 1. The fraction of sp³-hybridized carbons (Fsp3) is 0.143. The number of rotatable bonds is 2. The van der Waals surface area contributed by atoms with E-state index >= 15 is 0 Å². The maximum atomic E-state index is 12.2. The Morgan fingerprint density at radius 1 is 1.29 bits per heavy atom. The van der Waals surface area contributed by atoms with Crippen molar-refractivity contribution >= 4 is 15.5 Å². The Labute approximate surface area is 92.4 Å². The molecule has 0 radical (unpaired) electrons. The Balaban J connectivity index is 3.56. The third-order valence-corrected chi connectivity index (χ3v) is 3.29. The number of phenolic OH excluding ortho intramolecular Hbond substituents is 1. The molecule has 0 fully saturated rings. The molecule has 0 aliphatic carbocycles. The highest BCUT2D eigenvalue weighted by Gasteiger charge is 2.49. The second-order valence-electron chi connectivity index (χ2n) is 2.83. The van der Waals surface area contributed by atoms with Crippen LogP contribution in [0.3, 0.4) is 0 Å². The Kier molecular flexibility index (Phi) is 3.01. The van der Waals surface area contributed by atoms with Gasteiger partial charge in [0.15, 0.2) is 0 Å². The maximum Gasteiger partial charge on any atom is 0.502 e. The molecule has 1 aromatic rings. The first kappa shape index (κ1) is 13.2. The first-order chi connectivity index (χ1) is 7.59. The normalized spacial score (nSPS) is 12.4. The van der Waals surface area contributed by atoms with E-state index < -0.39 is 36.6 Å². The van der Waals surface area contributed by atoms with Gasteiger partial charge >= 0.3 is 11.2 Å². The summed E-state index contributed by atoms with van der Waals surface area (Å²) in [6.07, 6.45) is 0. The number of halogens is 3. The number of aromatic hydroxyl groups is 1. The molecule has 1 rings (SSSR count). The largest absolute Gasteiger partial charge is 0.502 e. The molecule has 94 valence electrons. The van der Waals surface area contributed by atoms with Crippen molar-refractivity contribution in [3.8, 4) is 5.75 Å². The summed E-state index contributed by atoms with van der Waals surface area (Å²) in [5, 5.41) is 19.5. The minimum Gasteiger partial charge on any atom is -0.501 e. The number of benzene rings is 1. The van der Waals surface area contributed by atoms with Crippen LogP contribution in [0.25, 0.3) is 0 Å². The van der Waals surface area contributed by atoms with E-state index in [1.807, 2.05) is 0 Å². The van der Waals surface area contributed by atoms with Gasteiger partial charge in [-0.3, -0.25) is 10.1 Å². The lowest BCUT2D eigenvalue weighted by Crippen LogP contribution is -2.23. The predicted molar refractivity (Wildman–Crippen MR) is 48.0 cm³/mol. The van der Waals surface area contributed by atoms with Gasteiger partial charge < -0.3 is 5.11 Å². The summed E-state index contributed by atoms with van der Waals surface area (Å²) >= 11 is 0. The van der Waals surface area contributed by atoms with E-state index in [2.05, 4.69) is 0 Å². The highest BCUT2D eigenvalue weighted by atomic mass is 32.2. The number of nitro groups is 1. The van der Waals surface area contributed by atoms with Gasteiger partial charge in [0.1, 0.15) is 4.90 Å². The maximum absolute atomic E-state index is 12.2. The number of nitro benzene ring substituents is 1. The molecule has 0 unspecified atom stereocenters. The highest BCUT2D eigenvalue weighted by molar-refractivity contribution is 7.92. The third-order valence-electron chi connectivity index (χ3n) is 1.77. The van der Waals surface area contributed by atoms with Crippen LogP contribution in [0.4, 0.5) is 18.9 Å². The van der Waals surface area contributed by atoms with Gasteiger partial charge in [-0.25, -0.2) is 8.42 Å². The van der Waals surface area contributed by atoms with E-state index in [4.69, 9.17) is 5.11 Å². The number of hydrogen-bond donors (Lipinski definition) is 1. The molecule has 10 heteroatoms. The summed E-state index contributed by atoms with van der Waals surface area (Å²) in [6.45, 7) is 0. The van der Waals surface area contributed by atoms with Gasteiger partial charge in [-0.15, -0.1) is 0 Å². The van der Waals surface area contributed by atoms with E-state index in [0.717, 1.165) is 6.07 Å². The van der Waals surface area contributed by atoms with Crippen LogP contribution in [0.15, 0.2) is 23.1 Å². The zero-order valence-electron chi connectivity index (χ0n) is 7.80. The molecule has 1 aromatic carbocycles. The summed E-state index contributed by atoms with van der Waals surface area (Å²) in [5.74, 6) is -1.53. The van der Waals surface area contributed by atoms with Crippen LogP contribution in [0.5, 0.6) is 5.75 Å². The van der Waals surface area contributed by atoms with Crippen molar-refractivity contribution in [2.75, 3.05) is 0 Å². The Morgan fingerprint density at radius 2 is 1.82 bits per heavy atom. The van der Waals surface area contributed by atoms with Crippen molar-refractivity contribution in [2.45, 2.75) is 10.4 Å². The summed E-state index contributed by atoms with van der Waals surface area (Å²) in [7, 11) is -5.82. The van der Waals surface area contributed by atoms with Gasteiger partial charge in [0.05, 0.1) is 4.92 Å². The standard InChI is InChI=1S/C7H4F3NO5S/c8-7(9,10)17(15,16)5-3-1-2-4(6(5)12)11(13)14/h1-3,12H. The summed E-state index contributed by atoms with van der Waals surface area (Å²) in [6, 6.07) is 1.85. The minimum atomic E-state index is -5.82. The first-order valence-electron chi connectivity index (χ1n) is 3.86. The lowest BCUT2D eigenvalue weighted by Gasteiger charge is -2.09. The highest BCUT2D eigenvalue weighted by Crippen LogP contribution is 2.39. The molecule has 0 amide bonds. The van der Waals surface area contributed by atoms with Crippen molar-refractivity contribution in [3.05, 3.63) is 28.3 Å². The van der Waals surface area contributed by atoms with Gasteiger partial charge in [-0.2, -0.15) is 13.2 Å². The minimum absolute atomic E-state index is 0.436. The van der Waals surface area contributed by atoms with Gasteiger partial charge in [0.25, 0.3) is 9.84 Å². The average Bonchev–Trinajstić information content (AvgIpc) is 2.15. The molecule has 0 heterocycles. The zero-order valence-corrected chi connectivity index (χ0v) is 8.62. The van der Waals surface area contributed by atoms with Gasteiger partial charge in [0.2, 0.25) is 5.75 Å². The molecular weight excluding hydrogens is 267 g/mol. The Bertz CT molecular complexity index is 565. The Morgan fingerprint density at radius 3 is 2.24 bits per heavy atom. The fourth-order valence-electron chi connectivity index (χ4n) is 1.000. The Hall–Kier alpha value is -1.84. The topological polar surface area (TPSA) is 97.5 Å². The second kappa shape index (κ2) is 3.87. The van der Waals surface area contributed by atoms with Crippen molar-refractivity contribution in [1.29, 1.82) is 0 Å².